The third-order valence-electron chi connectivity index (χ3n) is 2.07. The first-order chi connectivity index (χ1) is 5.49. The molecule has 0 aromatic heterocycles. The van der Waals surface area contributed by atoms with Gasteiger partial charge in [-0.05, 0) is 13.8 Å². The van der Waals surface area contributed by atoms with Gasteiger partial charge in [0.2, 0.25) is 0 Å². The number of hydrogen-bond acceptors (Lipinski definition) is 5. The van der Waals surface area contributed by atoms with Crippen LogP contribution in [0.25, 0.3) is 0 Å². The lowest BCUT2D eigenvalue weighted by Gasteiger charge is -2.20. The molecule has 2 aliphatic heterocycles. The molecule has 4 atom stereocenters. The van der Waals surface area contributed by atoms with Gasteiger partial charge in [0.1, 0.15) is 18.4 Å². The van der Waals surface area contributed by atoms with E-state index in [0.717, 1.165) is 0 Å². The highest BCUT2D eigenvalue weighted by Gasteiger charge is 2.53. The smallest absolute Gasteiger partial charge is 0.186 e. The summed E-state index contributed by atoms with van der Waals surface area (Å²) >= 11 is 0. The average Bonchev–Trinajstić information content (AvgIpc) is 2.34. The summed E-state index contributed by atoms with van der Waals surface area (Å²) in [5.74, 6) is -0.669. The van der Waals surface area contributed by atoms with Crippen LogP contribution >= 0.6 is 0 Å². The zero-order chi connectivity index (χ0) is 8.93. The first kappa shape index (κ1) is 8.40. The van der Waals surface area contributed by atoms with Crippen molar-refractivity contribution in [1.29, 1.82) is 0 Å². The van der Waals surface area contributed by atoms with Crippen LogP contribution in [0.5, 0.6) is 0 Å². The number of nitrogens with two attached hydrogens (primary N) is 1. The minimum Gasteiger partial charge on any atom is -0.366 e. The molecule has 0 saturated carbocycles. The third-order valence-corrected chi connectivity index (χ3v) is 2.07. The van der Waals surface area contributed by atoms with E-state index in [1.807, 2.05) is 0 Å². The van der Waals surface area contributed by atoms with Gasteiger partial charge >= 0.3 is 0 Å². The second-order valence-electron chi connectivity index (χ2n) is 3.56. The van der Waals surface area contributed by atoms with Gasteiger partial charge in [-0.25, -0.2) is 0 Å². The number of aliphatic hydroxyl groups excluding tert-OH is 1. The molecular formula is C7H13NO4. The van der Waals surface area contributed by atoms with E-state index in [2.05, 4.69) is 0 Å². The van der Waals surface area contributed by atoms with Gasteiger partial charge in [-0.15, -0.1) is 0 Å². The van der Waals surface area contributed by atoms with Crippen molar-refractivity contribution < 1.29 is 19.3 Å². The Bertz CT molecular complexity index is 178. The van der Waals surface area contributed by atoms with Crippen LogP contribution in [0.3, 0.4) is 0 Å². The summed E-state index contributed by atoms with van der Waals surface area (Å²) in [6.45, 7) is 3.56. The van der Waals surface area contributed by atoms with Crippen molar-refractivity contribution in [2.75, 3.05) is 0 Å². The molecule has 0 spiro atoms. The molecule has 2 rings (SSSR count). The summed E-state index contributed by atoms with van der Waals surface area (Å²) in [4.78, 5) is 0. The van der Waals surface area contributed by atoms with Crippen molar-refractivity contribution in [3.8, 4) is 0 Å². The molecule has 3 N–H and O–H groups in total. The van der Waals surface area contributed by atoms with Crippen LogP contribution in [-0.4, -0.2) is 35.6 Å². The molecule has 0 aliphatic carbocycles. The number of fused-ring (bicyclic) bond motifs is 1. The molecule has 2 saturated heterocycles. The van der Waals surface area contributed by atoms with Crippen molar-refractivity contribution in [2.45, 2.75) is 44.4 Å². The summed E-state index contributed by atoms with van der Waals surface area (Å²) in [6, 6.07) is 0. The second-order valence-corrected chi connectivity index (χ2v) is 3.56. The molecule has 5 heteroatoms. The summed E-state index contributed by atoms with van der Waals surface area (Å²) < 4.78 is 15.7. The zero-order valence-electron chi connectivity index (χ0n) is 7.06. The van der Waals surface area contributed by atoms with Crippen LogP contribution in [-0.2, 0) is 14.2 Å². The highest BCUT2D eigenvalue weighted by Crippen LogP contribution is 2.36. The van der Waals surface area contributed by atoms with E-state index >= 15 is 0 Å². The molecular weight excluding hydrogens is 162 g/mol. The average molecular weight is 175 g/mol. The Morgan fingerprint density at radius 3 is 2.42 bits per heavy atom. The fourth-order valence-corrected chi connectivity index (χ4v) is 1.61. The lowest BCUT2D eigenvalue weighted by Crippen LogP contribution is -2.35. The maximum absolute atomic E-state index is 9.29. The van der Waals surface area contributed by atoms with Crippen molar-refractivity contribution in [1.82, 2.24) is 0 Å². The van der Waals surface area contributed by atoms with E-state index < -0.39 is 24.4 Å². The Morgan fingerprint density at radius 1 is 1.25 bits per heavy atom. The minimum atomic E-state index is -0.966. The normalized spacial score (nSPS) is 51.0. The Kier molecular flexibility index (Phi) is 1.68. The van der Waals surface area contributed by atoms with Gasteiger partial charge in [-0.3, -0.25) is 0 Å². The van der Waals surface area contributed by atoms with Crippen LogP contribution in [0, 0.1) is 0 Å². The van der Waals surface area contributed by atoms with E-state index in [9.17, 15) is 5.11 Å². The maximum Gasteiger partial charge on any atom is 0.186 e. The monoisotopic (exact) mass is 175 g/mol. The molecule has 0 bridgehead atoms. The molecule has 0 aromatic rings. The van der Waals surface area contributed by atoms with Crippen molar-refractivity contribution >= 4 is 0 Å². The molecule has 2 fully saturated rings. The number of aliphatic hydroxyl groups is 1. The Labute approximate surface area is 70.4 Å². The second kappa shape index (κ2) is 2.40. The van der Waals surface area contributed by atoms with Crippen LogP contribution in [0.15, 0.2) is 0 Å². The molecule has 2 aliphatic rings. The summed E-state index contributed by atoms with van der Waals surface area (Å²) in [7, 11) is 0. The Balaban J connectivity index is 2.15. The fourth-order valence-electron chi connectivity index (χ4n) is 1.61. The highest BCUT2D eigenvalue weighted by molar-refractivity contribution is 4.91. The van der Waals surface area contributed by atoms with Crippen molar-refractivity contribution in [3.63, 3.8) is 0 Å². The number of hydrogen-bond donors (Lipinski definition) is 2. The van der Waals surface area contributed by atoms with E-state index in [1.54, 1.807) is 13.8 Å². The predicted octanol–water partition coefficient (Wildman–Crippen LogP) is -0.860. The molecule has 0 radical (unpaired) electrons. The maximum atomic E-state index is 9.29. The van der Waals surface area contributed by atoms with E-state index in [0.29, 0.717) is 0 Å². The molecule has 0 aromatic carbocycles. The number of ether oxygens (including phenoxy) is 3. The third kappa shape index (κ3) is 1.14. The minimum absolute atomic E-state index is 0.352. The van der Waals surface area contributed by atoms with E-state index in [4.69, 9.17) is 19.9 Å². The molecule has 12 heavy (non-hydrogen) atoms. The lowest BCUT2D eigenvalue weighted by molar-refractivity contribution is -0.219. The SMILES string of the molecule is CC1(C)O[C@@H]2[C@@H](O1)[C@H](O)O[C@H]2N. The van der Waals surface area contributed by atoms with Crippen LogP contribution < -0.4 is 5.73 Å². The van der Waals surface area contributed by atoms with Crippen molar-refractivity contribution in [3.05, 3.63) is 0 Å². The summed E-state index contributed by atoms with van der Waals surface area (Å²) in [5, 5.41) is 9.29. The summed E-state index contributed by atoms with van der Waals surface area (Å²) in [5.41, 5.74) is 5.54. The highest BCUT2D eigenvalue weighted by atomic mass is 16.8. The quantitative estimate of drug-likeness (QED) is 0.501. The Hall–Kier alpha value is -0.200. The van der Waals surface area contributed by atoms with Crippen LogP contribution in [0.2, 0.25) is 0 Å². The van der Waals surface area contributed by atoms with Gasteiger partial charge in [0.15, 0.2) is 12.1 Å². The van der Waals surface area contributed by atoms with Crippen molar-refractivity contribution in [2.24, 2.45) is 5.73 Å². The summed E-state index contributed by atoms with van der Waals surface area (Å²) in [6.07, 6.45) is -2.36. The van der Waals surface area contributed by atoms with Crippen LogP contribution in [0.1, 0.15) is 13.8 Å². The van der Waals surface area contributed by atoms with Gasteiger partial charge in [0.05, 0.1) is 0 Å². The van der Waals surface area contributed by atoms with Gasteiger partial charge in [-0.1, -0.05) is 0 Å². The van der Waals surface area contributed by atoms with Gasteiger partial charge in [0.25, 0.3) is 0 Å². The standard InChI is InChI=1S/C7H13NO4/c1-7(2)11-3-4(12-7)6(9)10-5(3)8/h3-6,9H,8H2,1-2H3/t3-,4-,5-,6-/m1/s1. The molecule has 5 nitrogen and oxygen atoms in total. The first-order valence-corrected chi connectivity index (χ1v) is 3.94. The van der Waals surface area contributed by atoms with Gasteiger partial charge in [0, 0.05) is 0 Å². The van der Waals surface area contributed by atoms with Gasteiger partial charge < -0.3 is 25.1 Å². The largest absolute Gasteiger partial charge is 0.366 e. The topological polar surface area (TPSA) is 73.9 Å². The fraction of sp³-hybridized carbons (Fsp3) is 1.00. The number of rotatable bonds is 0. The zero-order valence-corrected chi connectivity index (χ0v) is 7.06. The van der Waals surface area contributed by atoms with Gasteiger partial charge in [-0.2, -0.15) is 0 Å². The van der Waals surface area contributed by atoms with E-state index in [1.165, 1.54) is 0 Å². The molecule has 70 valence electrons. The molecule has 2 heterocycles. The lowest BCUT2D eigenvalue weighted by atomic mass is 10.2. The first-order valence-electron chi connectivity index (χ1n) is 3.94. The molecule has 0 amide bonds. The van der Waals surface area contributed by atoms with Crippen LogP contribution in [0.4, 0.5) is 0 Å². The molecule has 0 unspecified atom stereocenters. The van der Waals surface area contributed by atoms with E-state index in [-0.39, 0.29) is 6.10 Å². The Morgan fingerprint density at radius 2 is 1.83 bits per heavy atom. The predicted molar refractivity (Wildman–Crippen MR) is 38.9 cm³/mol.